The van der Waals surface area contributed by atoms with Crippen LogP contribution < -0.4 is 5.01 Å². The van der Waals surface area contributed by atoms with Gasteiger partial charge >= 0.3 is 0 Å². The fraction of sp³-hybridized carbons (Fsp3) is 0.0833. The van der Waals surface area contributed by atoms with Crippen LogP contribution in [0.5, 0.6) is 0 Å². The van der Waals surface area contributed by atoms with E-state index in [1.54, 1.807) is 11.3 Å². The lowest BCUT2D eigenvalue weighted by atomic mass is 10.0. The molecule has 29 heavy (non-hydrogen) atoms. The van der Waals surface area contributed by atoms with Crippen molar-refractivity contribution in [2.24, 2.45) is 5.10 Å². The molecule has 0 fully saturated rings. The van der Waals surface area contributed by atoms with Gasteiger partial charge < -0.3 is 0 Å². The van der Waals surface area contributed by atoms with Gasteiger partial charge in [0.2, 0.25) is 0 Å². The van der Waals surface area contributed by atoms with E-state index in [-0.39, 0.29) is 6.04 Å². The monoisotopic (exact) mass is 415 g/mol. The standard InChI is InChI=1S/C24H18ClN3S/c25-19-13-11-17(12-14-19)21-15-23(28(27-21)20-9-5-2-6-10-20)22-16-29-24(26-22)18-7-3-1-4-8-18/h1-14,16,23H,15H2/t23-/m1/s1. The summed E-state index contributed by atoms with van der Waals surface area (Å²) in [5.74, 6) is 0. The summed E-state index contributed by atoms with van der Waals surface area (Å²) in [6.07, 6.45) is 0.800. The minimum atomic E-state index is 0.0665. The first-order chi connectivity index (χ1) is 14.3. The van der Waals surface area contributed by atoms with Gasteiger partial charge in [0, 0.05) is 22.4 Å². The van der Waals surface area contributed by atoms with Crippen LogP contribution >= 0.6 is 22.9 Å². The molecule has 2 heterocycles. The number of anilines is 1. The molecule has 142 valence electrons. The Kier molecular flexibility index (Phi) is 4.88. The summed E-state index contributed by atoms with van der Waals surface area (Å²) in [5.41, 5.74) is 5.40. The molecule has 5 rings (SSSR count). The molecule has 0 bridgehead atoms. The molecule has 1 atom stereocenters. The fourth-order valence-corrected chi connectivity index (χ4v) is 4.53. The molecule has 0 radical (unpaired) electrons. The van der Waals surface area contributed by atoms with Crippen LogP contribution in [0.1, 0.15) is 23.7 Å². The average Bonchev–Trinajstić information content (AvgIpc) is 3.43. The molecule has 4 aromatic rings. The van der Waals surface area contributed by atoms with Crippen molar-refractivity contribution in [1.29, 1.82) is 0 Å². The summed E-state index contributed by atoms with van der Waals surface area (Å²) in [6.45, 7) is 0. The number of benzene rings is 3. The molecule has 0 amide bonds. The lowest BCUT2D eigenvalue weighted by Crippen LogP contribution is -2.18. The average molecular weight is 416 g/mol. The lowest BCUT2D eigenvalue weighted by molar-refractivity contribution is 0.691. The van der Waals surface area contributed by atoms with Gasteiger partial charge in [0.05, 0.1) is 17.1 Å². The Hall–Kier alpha value is -2.95. The second kappa shape index (κ2) is 7.82. The molecule has 0 unspecified atom stereocenters. The van der Waals surface area contributed by atoms with Crippen molar-refractivity contribution in [2.45, 2.75) is 12.5 Å². The molecule has 0 saturated carbocycles. The Bertz CT molecular complexity index is 1140. The fourth-order valence-electron chi connectivity index (χ4n) is 3.53. The normalized spacial score (nSPS) is 16.1. The quantitative estimate of drug-likeness (QED) is 0.366. The third-order valence-electron chi connectivity index (χ3n) is 4.99. The largest absolute Gasteiger partial charge is 0.256 e. The van der Waals surface area contributed by atoms with E-state index in [1.807, 2.05) is 60.7 Å². The van der Waals surface area contributed by atoms with E-state index in [2.05, 4.69) is 34.7 Å². The van der Waals surface area contributed by atoms with Gasteiger partial charge in [-0.05, 0) is 29.8 Å². The number of thiazole rings is 1. The highest BCUT2D eigenvalue weighted by Gasteiger charge is 2.31. The number of hydrogen-bond acceptors (Lipinski definition) is 4. The van der Waals surface area contributed by atoms with Gasteiger partial charge in [0.1, 0.15) is 11.0 Å². The third kappa shape index (κ3) is 3.69. The highest BCUT2D eigenvalue weighted by Crippen LogP contribution is 2.38. The molecule has 1 aliphatic heterocycles. The van der Waals surface area contributed by atoms with E-state index in [9.17, 15) is 0 Å². The number of halogens is 1. The number of aromatic nitrogens is 1. The van der Waals surface area contributed by atoms with E-state index < -0.39 is 0 Å². The zero-order chi connectivity index (χ0) is 19.6. The molecule has 3 nitrogen and oxygen atoms in total. The third-order valence-corrected chi connectivity index (χ3v) is 6.15. The maximum absolute atomic E-state index is 6.07. The van der Waals surface area contributed by atoms with Crippen molar-refractivity contribution in [3.05, 3.63) is 107 Å². The maximum atomic E-state index is 6.07. The molecule has 0 spiro atoms. The molecule has 0 aliphatic carbocycles. The van der Waals surface area contributed by atoms with Crippen LogP contribution in [-0.2, 0) is 0 Å². The Morgan fingerprint density at radius 3 is 2.24 bits per heavy atom. The Morgan fingerprint density at radius 2 is 1.52 bits per heavy atom. The van der Waals surface area contributed by atoms with E-state index in [4.69, 9.17) is 21.7 Å². The lowest BCUT2D eigenvalue weighted by Gasteiger charge is -2.22. The predicted molar refractivity (Wildman–Crippen MR) is 122 cm³/mol. The first-order valence-corrected chi connectivity index (χ1v) is 10.7. The van der Waals surface area contributed by atoms with Crippen molar-refractivity contribution in [3.63, 3.8) is 0 Å². The topological polar surface area (TPSA) is 28.5 Å². The molecule has 1 aromatic heterocycles. The zero-order valence-electron chi connectivity index (χ0n) is 15.6. The summed E-state index contributed by atoms with van der Waals surface area (Å²) in [5, 5.41) is 11.0. The SMILES string of the molecule is Clc1ccc(C2=NN(c3ccccc3)[C@@H](c3csc(-c4ccccc4)n3)C2)cc1. The molecular weight excluding hydrogens is 398 g/mol. The predicted octanol–water partition coefficient (Wildman–Crippen LogP) is 6.82. The molecule has 1 aliphatic rings. The number of rotatable bonds is 4. The molecule has 3 aromatic carbocycles. The van der Waals surface area contributed by atoms with Crippen LogP contribution in [0.4, 0.5) is 5.69 Å². The van der Waals surface area contributed by atoms with Crippen LogP contribution in [-0.4, -0.2) is 10.7 Å². The van der Waals surface area contributed by atoms with E-state index in [0.717, 1.165) is 44.7 Å². The van der Waals surface area contributed by atoms with Gasteiger partial charge in [-0.1, -0.05) is 72.3 Å². The van der Waals surface area contributed by atoms with Crippen molar-refractivity contribution in [1.82, 2.24) is 4.98 Å². The van der Waals surface area contributed by atoms with Gasteiger partial charge in [0.25, 0.3) is 0 Å². The van der Waals surface area contributed by atoms with Crippen LogP contribution in [0.3, 0.4) is 0 Å². The number of para-hydroxylation sites is 1. The number of hydrogen-bond donors (Lipinski definition) is 0. The van der Waals surface area contributed by atoms with Gasteiger partial charge in [0.15, 0.2) is 0 Å². The van der Waals surface area contributed by atoms with Crippen molar-refractivity contribution < 1.29 is 0 Å². The maximum Gasteiger partial charge on any atom is 0.123 e. The summed E-state index contributed by atoms with van der Waals surface area (Å²) in [6, 6.07) is 28.6. The smallest absolute Gasteiger partial charge is 0.123 e. The highest BCUT2D eigenvalue weighted by atomic mass is 35.5. The van der Waals surface area contributed by atoms with E-state index >= 15 is 0 Å². The summed E-state index contributed by atoms with van der Waals surface area (Å²) in [7, 11) is 0. The second-order valence-electron chi connectivity index (χ2n) is 6.90. The van der Waals surface area contributed by atoms with E-state index in [1.165, 1.54) is 0 Å². The van der Waals surface area contributed by atoms with Crippen molar-refractivity contribution >= 4 is 34.3 Å². The van der Waals surface area contributed by atoms with Gasteiger partial charge in [-0.2, -0.15) is 5.10 Å². The second-order valence-corrected chi connectivity index (χ2v) is 8.19. The van der Waals surface area contributed by atoms with Gasteiger partial charge in [-0.15, -0.1) is 11.3 Å². The Balaban J connectivity index is 1.51. The minimum absolute atomic E-state index is 0.0665. The van der Waals surface area contributed by atoms with Crippen LogP contribution in [0.2, 0.25) is 5.02 Å². The van der Waals surface area contributed by atoms with E-state index in [0.29, 0.717) is 0 Å². The van der Waals surface area contributed by atoms with Crippen LogP contribution in [0, 0.1) is 0 Å². The molecule has 0 N–H and O–H groups in total. The first-order valence-electron chi connectivity index (χ1n) is 9.46. The minimum Gasteiger partial charge on any atom is -0.256 e. The molecule has 5 heteroatoms. The zero-order valence-corrected chi connectivity index (χ0v) is 17.1. The Morgan fingerprint density at radius 1 is 0.828 bits per heavy atom. The number of hydrazone groups is 1. The first kappa shape index (κ1) is 18.1. The summed E-state index contributed by atoms with van der Waals surface area (Å²) >= 11 is 7.75. The summed E-state index contributed by atoms with van der Waals surface area (Å²) in [4.78, 5) is 4.96. The van der Waals surface area contributed by atoms with Gasteiger partial charge in [-0.25, -0.2) is 4.98 Å². The highest BCUT2D eigenvalue weighted by molar-refractivity contribution is 7.13. The van der Waals surface area contributed by atoms with Crippen LogP contribution in [0.15, 0.2) is 95.4 Å². The molecular formula is C24H18ClN3S. The van der Waals surface area contributed by atoms with Crippen molar-refractivity contribution in [2.75, 3.05) is 5.01 Å². The number of nitrogens with zero attached hydrogens (tertiary/aromatic N) is 3. The van der Waals surface area contributed by atoms with Crippen LogP contribution in [0.25, 0.3) is 10.6 Å². The molecule has 0 saturated heterocycles. The van der Waals surface area contributed by atoms with Crippen molar-refractivity contribution in [3.8, 4) is 10.6 Å². The van der Waals surface area contributed by atoms with Gasteiger partial charge in [-0.3, -0.25) is 5.01 Å². The Labute approximate surface area is 178 Å². The summed E-state index contributed by atoms with van der Waals surface area (Å²) < 4.78 is 0.